The summed E-state index contributed by atoms with van der Waals surface area (Å²) in [6.45, 7) is 3.95. The minimum atomic E-state index is -1.04. The van der Waals surface area contributed by atoms with Crippen LogP contribution >= 0.6 is 0 Å². The predicted octanol–water partition coefficient (Wildman–Crippen LogP) is 3.65. The van der Waals surface area contributed by atoms with Gasteiger partial charge in [-0.15, -0.1) is 0 Å². The predicted molar refractivity (Wildman–Crippen MR) is 110 cm³/mol. The first-order valence-corrected chi connectivity index (χ1v) is 9.56. The van der Waals surface area contributed by atoms with E-state index in [4.69, 9.17) is 9.15 Å². The van der Waals surface area contributed by atoms with Crippen molar-refractivity contribution in [1.82, 2.24) is 5.32 Å². The van der Waals surface area contributed by atoms with E-state index in [0.29, 0.717) is 17.5 Å². The van der Waals surface area contributed by atoms with Gasteiger partial charge in [-0.3, -0.25) is 4.79 Å². The molecule has 0 aliphatic heterocycles. The minimum absolute atomic E-state index is 0.163. The zero-order chi connectivity index (χ0) is 20.8. The third-order valence-corrected chi connectivity index (χ3v) is 4.80. The Kier molecular flexibility index (Phi) is 6.44. The van der Waals surface area contributed by atoms with Crippen molar-refractivity contribution in [3.05, 3.63) is 82.2 Å². The monoisotopic (exact) mass is 393 g/mol. The molecule has 1 N–H and O–H groups in total. The molecule has 0 saturated heterocycles. The van der Waals surface area contributed by atoms with Crippen LogP contribution in [0.3, 0.4) is 0 Å². The lowest BCUT2D eigenvalue weighted by molar-refractivity contribution is -0.129. The smallest absolute Gasteiger partial charge is 0.351 e. The first-order chi connectivity index (χ1) is 14.0. The largest absolute Gasteiger partial charge is 0.449 e. The summed E-state index contributed by atoms with van der Waals surface area (Å²) in [5.41, 5.74) is 0.482. The van der Waals surface area contributed by atoms with Crippen molar-refractivity contribution in [3.8, 4) is 0 Å². The van der Waals surface area contributed by atoms with Gasteiger partial charge in [0, 0.05) is 17.8 Å². The highest BCUT2D eigenvalue weighted by Crippen LogP contribution is 2.18. The number of ether oxygens (including phenoxy) is 1. The van der Waals surface area contributed by atoms with Crippen molar-refractivity contribution in [2.75, 3.05) is 6.54 Å². The van der Waals surface area contributed by atoms with Gasteiger partial charge in [-0.1, -0.05) is 55.5 Å². The van der Waals surface area contributed by atoms with Gasteiger partial charge in [-0.25, -0.2) is 9.59 Å². The Morgan fingerprint density at radius 1 is 1.07 bits per heavy atom. The number of rotatable bonds is 7. The molecule has 0 fully saturated rings. The fourth-order valence-electron chi connectivity index (χ4n) is 3.07. The van der Waals surface area contributed by atoms with E-state index in [1.54, 1.807) is 24.3 Å². The topological polar surface area (TPSA) is 85.6 Å². The van der Waals surface area contributed by atoms with Crippen LogP contribution < -0.4 is 10.9 Å². The quantitative estimate of drug-likeness (QED) is 0.489. The molecule has 0 radical (unpaired) electrons. The van der Waals surface area contributed by atoms with Crippen LogP contribution in [-0.2, 0) is 9.53 Å². The second kappa shape index (κ2) is 9.19. The molecule has 0 bridgehead atoms. The Morgan fingerprint density at radius 2 is 1.76 bits per heavy atom. The van der Waals surface area contributed by atoms with Crippen LogP contribution in [0.5, 0.6) is 0 Å². The summed E-state index contributed by atoms with van der Waals surface area (Å²) in [7, 11) is 0. The molecule has 0 aliphatic carbocycles. The molecule has 0 spiro atoms. The van der Waals surface area contributed by atoms with Crippen LogP contribution in [0.4, 0.5) is 0 Å². The van der Waals surface area contributed by atoms with Crippen molar-refractivity contribution < 1.29 is 18.7 Å². The molecule has 1 heterocycles. The van der Waals surface area contributed by atoms with Gasteiger partial charge in [0.2, 0.25) is 0 Å². The third-order valence-electron chi connectivity index (χ3n) is 4.80. The number of nitrogens with one attached hydrogen (secondary N) is 1. The van der Waals surface area contributed by atoms with E-state index in [1.165, 1.54) is 13.0 Å². The van der Waals surface area contributed by atoms with Gasteiger partial charge < -0.3 is 14.5 Å². The van der Waals surface area contributed by atoms with Gasteiger partial charge in [0.05, 0.1) is 0 Å². The van der Waals surface area contributed by atoms with Crippen molar-refractivity contribution >= 4 is 22.8 Å². The molecular formula is C23H23NO5. The Hall–Kier alpha value is -3.41. The number of hydrogen-bond acceptors (Lipinski definition) is 5. The van der Waals surface area contributed by atoms with Gasteiger partial charge >= 0.3 is 11.6 Å². The van der Waals surface area contributed by atoms with Crippen LogP contribution in [0.2, 0.25) is 0 Å². The molecule has 29 heavy (non-hydrogen) atoms. The summed E-state index contributed by atoms with van der Waals surface area (Å²) in [5, 5.41) is 3.42. The number of hydrogen-bond donors (Lipinski definition) is 1. The summed E-state index contributed by atoms with van der Waals surface area (Å²) in [6, 6.07) is 18.2. The summed E-state index contributed by atoms with van der Waals surface area (Å²) in [6.07, 6.45) is -0.182. The Morgan fingerprint density at radius 3 is 2.48 bits per heavy atom. The number of para-hydroxylation sites is 1. The average Bonchev–Trinajstić information content (AvgIpc) is 2.74. The maximum Gasteiger partial charge on any atom is 0.351 e. The Balaban J connectivity index is 1.62. The van der Waals surface area contributed by atoms with E-state index < -0.39 is 23.6 Å². The highest BCUT2D eigenvalue weighted by Gasteiger charge is 2.22. The fourth-order valence-corrected chi connectivity index (χ4v) is 3.07. The standard InChI is InChI=1S/C23H23NO5/c1-3-16(17-9-5-4-6-10-17)14-24-21(25)15(2)28-22(26)19-13-18-11-7-8-12-20(18)29-23(19)27/h4-13,15-16H,3,14H2,1-2H3,(H,24,25)/t15-,16+/m1/s1. The second-order valence-electron chi connectivity index (χ2n) is 6.79. The second-order valence-corrected chi connectivity index (χ2v) is 6.79. The lowest BCUT2D eigenvalue weighted by Gasteiger charge is -2.18. The third kappa shape index (κ3) is 4.90. The molecule has 3 aromatic rings. The lowest BCUT2D eigenvalue weighted by Crippen LogP contribution is -2.38. The summed E-state index contributed by atoms with van der Waals surface area (Å²) >= 11 is 0. The minimum Gasteiger partial charge on any atom is -0.449 e. The lowest BCUT2D eigenvalue weighted by atomic mass is 9.96. The van der Waals surface area contributed by atoms with Crippen LogP contribution in [0.15, 0.2) is 69.9 Å². The molecule has 3 rings (SSSR count). The van der Waals surface area contributed by atoms with E-state index in [-0.39, 0.29) is 11.5 Å². The van der Waals surface area contributed by atoms with Crippen molar-refractivity contribution in [2.45, 2.75) is 32.3 Å². The number of carbonyl (C=O) groups is 2. The molecule has 2 atom stereocenters. The number of esters is 1. The van der Waals surface area contributed by atoms with Gasteiger partial charge in [0.1, 0.15) is 11.1 Å². The fraction of sp³-hybridized carbons (Fsp3) is 0.261. The molecule has 6 nitrogen and oxygen atoms in total. The van der Waals surface area contributed by atoms with E-state index in [9.17, 15) is 14.4 Å². The van der Waals surface area contributed by atoms with E-state index in [0.717, 1.165) is 12.0 Å². The number of carbonyl (C=O) groups excluding carboxylic acids is 2. The number of amides is 1. The molecule has 150 valence electrons. The average molecular weight is 393 g/mol. The van der Waals surface area contributed by atoms with Crippen LogP contribution in [0, 0.1) is 0 Å². The van der Waals surface area contributed by atoms with E-state index in [1.807, 2.05) is 37.3 Å². The maximum absolute atomic E-state index is 12.4. The number of benzene rings is 2. The number of fused-ring (bicyclic) bond motifs is 1. The molecule has 1 aromatic heterocycles. The van der Waals surface area contributed by atoms with Gasteiger partial charge in [-0.2, -0.15) is 0 Å². The zero-order valence-corrected chi connectivity index (χ0v) is 16.4. The van der Waals surface area contributed by atoms with Crippen molar-refractivity contribution in [1.29, 1.82) is 0 Å². The van der Waals surface area contributed by atoms with Gasteiger partial charge in [0.25, 0.3) is 5.91 Å². The molecule has 0 unspecified atom stereocenters. The molecule has 6 heteroatoms. The van der Waals surface area contributed by atoms with Gasteiger partial charge in [0.15, 0.2) is 6.10 Å². The zero-order valence-electron chi connectivity index (χ0n) is 16.4. The summed E-state index contributed by atoms with van der Waals surface area (Å²) < 4.78 is 10.3. The summed E-state index contributed by atoms with van der Waals surface area (Å²) in [5.74, 6) is -1.14. The highest BCUT2D eigenvalue weighted by molar-refractivity contribution is 5.94. The van der Waals surface area contributed by atoms with Crippen LogP contribution in [0.1, 0.15) is 42.1 Å². The Labute approximate surface area is 168 Å². The van der Waals surface area contributed by atoms with E-state index >= 15 is 0 Å². The van der Waals surface area contributed by atoms with Gasteiger partial charge in [-0.05, 0) is 31.0 Å². The first-order valence-electron chi connectivity index (χ1n) is 9.56. The SMILES string of the molecule is CC[C@@H](CNC(=O)[C@@H](C)OC(=O)c1cc2ccccc2oc1=O)c1ccccc1. The molecule has 2 aromatic carbocycles. The van der Waals surface area contributed by atoms with E-state index in [2.05, 4.69) is 5.32 Å². The Bertz CT molecular complexity index is 1060. The molecule has 0 aliphatic rings. The summed E-state index contributed by atoms with van der Waals surface area (Å²) in [4.78, 5) is 36.8. The van der Waals surface area contributed by atoms with Crippen molar-refractivity contribution in [3.63, 3.8) is 0 Å². The molecular weight excluding hydrogens is 370 g/mol. The maximum atomic E-state index is 12.4. The van der Waals surface area contributed by atoms with Crippen LogP contribution in [-0.4, -0.2) is 24.5 Å². The molecule has 1 amide bonds. The first kappa shape index (κ1) is 20.3. The van der Waals surface area contributed by atoms with Crippen molar-refractivity contribution in [2.24, 2.45) is 0 Å². The van der Waals surface area contributed by atoms with Crippen LogP contribution in [0.25, 0.3) is 11.0 Å². The highest BCUT2D eigenvalue weighted by atomic mass is 16.5. The molecule has 0 saturated carbocycles. The normalized spacial score (nSPS) is 12.9.